The van der Waals surface area contributed by atoms with Gasteiger partial charge in [0.05, 0.1) is 12.7 Å². The molecule has 1 atom stereocenters. The highest BCUT2D eigenvalue weighted by Crippen LogP contribution is 2.10. The van der Waals surface area contributed by atoms with E-state index in [0.717, 1.165) is 6.42 Å². The molecule has 1 N–H and O–H groups in total. The van der Waals surface area contributed by atoms with Crippen LogP contribution in [0.4, 0.5) is 0 Å². The average molecular weight is 236 g/mol. The van der Waals surface area contributed by atoms with Crippen LogP contribution in [0.15, 0.2) is 23.3 Å². The Morgan fingerprint density at radius 1 is 1.65 bits per heavy atom. The highest BCUT2D eigenvalue weighted by Gasteiger charge is 2.25. The van der Waals surface area contributed by atoms with Gasteiger partial charge in [0, 0.05) is 31.5 Å². The predicted molar refractivity (Wildman–Crippen MR) is 63.0 cm³/mol. The van der Waals surface area contributed by atoms with Gasteiger partial charge in [0.1, 0.15) is 5.56 Å². The number of carbonyl (C=O) groups is 1. The van der Waals surface area contributed by atoms with Crippen molar-refractivity contribution in [3.8, 4) is 0 Å². The molecule has 2 rings (SSSR count). The maximum Gasteiger partial charge on any atom is 0.259 e. The highest BCUT2D eigenvalue weighted by molar-refractivity contribution is 5.93. The number of morpholine rings is 1. The highest BCUT2D eigenvalue weighted by atomic mass is 16.5. The van der Waals surface area contributed by atoms with E-state index < -0.39 is 0 Å². The van der Waals surface area contributed by atoms with Gasteiger partial charge in [-0.3, -0.25) is 9.59 Å². The van der Waals surface area contributed by atoms with Crippen molar-refractivity contribution in [2.75, 3.05) is 19.7 Å². The maximum absolute atomic E-state index is 12.1. The van der Waals surface area contributed by atoms with E-state index in [9.17, 15) is 9.59 Å². The van der Waals surface area contributed by atoms with Crippen LogP contribution in [0.1, 0.15) is 23.7 Å². The first-order valence-electron chi connectivity index (χ1n) is 5.80. The van der Waals surface area contributed by atoms with E-state index in [1.54, 1.807) is 4.90 Å². The fourth-order valence-corrected chi connectivity index (χ4v) is 1.90. The number of nitrogens with one attached hydrogen (secondary N) is 1. The first-order chi connectivity index (χ1) is 8.22. The molecule has 5 heteroatoms. The lowest BCUT2D eigenvalue weighted by Gasteiger charge is -2.32. The Hall–Kier alpha value is -1.62. The summed E-state index contributed by atoms with van der Waals surface area (Å²) < 4.78 is 5.49. The molecular formula is C12H16N2O3. The van der Waals surface area contributed by atoms with Crippen LogP contribution in [0, 0.1) is 0 Å². The molecule has 17 heavy (non-hydrogen) atoms. The lowest BCUT2D eigenvalue weighted by Crippen LogP contribution is -2.46. The molecule has 0 aliphatic carbocycles. The quantitative estimate of drug-likeness (QED) is 0.819. The second kappa shape index (κ2) is 5.14. The standard InChI is InChI=1S/C12H16N2O3/c1-2-9-8-14(5-6-17-9)12(16)10-7-13-4-3-11(10)15/h3-4,7,9H,2,5-6,8H2,1H3,(H,13,15). The molecule has 1 unspecified atom stereocenters. The summed E-state index contributed by atoms with van der Waals surface area (Å²) in [5.74, 6) is -0.214. The van der Waals surface area contributed by atoms with Crippen LogP contribution >= 0.6 is 0 Å². The summed E-state index contributed by atoms with van der Waals surface area (Å²) in [6.07, 6.45) is 3.93. The Balaban J connectivity index is 2.15. The summed E-state index contributed by atoms with van der Waals surface area (Å²) in [6, 6.07) is 1.37. The number of amides is 1. The molecule has 0 spiro atoms. The minimum atomic E-state index is -0.242. The van der Waals surface area contributed by atoms with Crippen LogP contribution in [-0.2, 0) is 4.74 Å². The largest absolute Gasteiger partial charge is 0.375 e. The molecule has 1 saturated heterocycles. The summed E-state index contributed by atoms with van der Waals surface area (Å²) in [4.78, 5) is 28.1. The van der Waals surface area contributed by atoms with Crippen molar-refractivity contribution in [1.82, 2.24) is 9.88 Å². The zero-order chi connectivity index (χ0) is 12.3. The number of H-pyrrole nitrogens is 1. The maximum atomic E-state index is 12.1. The summed E-state index contributed by atoms with van der Waals surface area (Å²) in [5.41, 5.74) is -0.0439. The number of nitrogens with zero attached hydrogens (tertiary/aromatic N) is 1. The van der Waals surface area contributed by atoms with Crippen LogP contribution in [0.5, 0.6) is 0 Å². The van der Waals surface area contributed by atoms with E-state index in [0.29, 0.717) is 19.7 Å². The van der Waals surface area contributed by atoms with E-state index in [2.05, 4.69) is 4.98 Å². The van der Waals surface area contributed by atoms with Crippen molar-refractivity contribution in [3.63, 3.8) is 0 Å². The Kier molecular flexibility index (Phi) is 3.58. The van der Waals surface area contributed by atoms with E-state index in [1.165, 1.54) is 18.5 Å². The minimum absolute atomic E-state index is 0.0792. The summed E-state index contributed by atoms with van der Waals surface area (Å²) >= 11 is 0. The zero-order valence-electron chi connectivity index (χ0n) is 9.81. The van der Waals surface area contributed by atoms with Crippen LogP contribution < -0.4 is 5.43 Å². The second-order valence-corrected chi connectivity index (χ2v) is 4.07. The predicted octanol–water partition coefficient (Wildman–Crippen LogP) is 0.626. The van der Waals surface area contributed by atoms with Gasteiger partial charge in [-0.15, -0.1) is 0 Å². The number of ether oxygens (including phenoxy) is 1. The van der Waals surface area contributed by atoms with Crippen molar-refractivity contribution in [2.45, 2.75) is 19.4 Å². The van der Waals surface area contributed by atoms with Gasteiger partial charge < -0.3 is 14.6 Å². The molecule has 1 amide bonds. The van der Waals surface area contributed by atoms with Crippen LogP contribution in [-0.4, -0.2) is 41.6 Å². The molecule has 2 heterocycles. The Morgan fingerprint density at radius 3 is 3.18 bits per heavy atom. The van der Waals surface area contributed by atoms with Crippen LogP contribution in [0.25, 0.3) is 0 Å². The third kappa shape index (κ3) is 2.55. The first kappa shape index (κ1) is 11.9. The van der Waals surface area contributed by atoms with Crippen molar-refractivity contribution in [2.24, 2.45) is 0 Å². The van der Waals surface area contributed by atoms with Crippen molar-refractivity contribution in [1.29, 1.82) is 0 Å². The molecule has 92 valence electrons. The fourth-order valence-electron chi connectivity index (χ4n) is 1.90. The number of hydrogen-bond acceptors (Lipinski definition) is 3. The van der Waals surface area contributed by atoms with Crippen LogP contribution in [0.2, 0.25) is 0 Å². The summed E-state index contributed by atoms with van der Waals surface area (Å²) in [7, 11) is 0. The molecule has 0 radical (unpaired) electrons. The molecule has 1 fully saturated rings. The Labute approximate surface area is 99.4 Å². The van der Waals surface area contributed by atoms with Crippen LogP contribution in [0.3, 0.4) is 0 Å². The smallest absolute Gasteiger partial charge is 0.259 e. The molecule has 5 nitrogen and oxygen atoms in total. The van der Waals surface area contributed by atoms with E-state index in [1.807, 2.05) is 6.92 Å². The number of pyridine rings is 1. The molecule has 1 aromatic rings. The molecular weight excluding hydrogens is 220 g/mol. The number of aromatic amines is 1. The van der Waals surface area contributed by atoms with Gasteiger partial charge in [0.2, 0.25) is 0 Å². The molecule has 1 aromatic heterocycles. The minimum Gasteiger partial charge on any atom is -0.375 e. The number of aromatic nitrogens is 1. The number of hydrogen-bond donors (Lipinski definition) is 1. The van der Waals surface area contributed by atoms with E-state index >= 15 is 0 Å². The van der Waals surface area contributed by atoms with Gasteiger partial charge in [0.15, 0.2) is 5.43 Å². The van der Waals surface area contributed by atoms with Crippen molar-refractivity contribution < 1.29 is 9.53 Å². The van der Waals surface area contributed by atoms with Gasteiger partial charge in [-0.1, -0.05) is 6.92 Å². The number of carbonyl (C=O) groups excluding carboxylic acids is 1. The third-order valence-corrected chi connectivity index (χ3v) is 2.94. The monoisotopic (exact) mass is 236 g/mol. The molecule has 1 aliphatic heterocycles. The van der Waals surface area contributed by atoms with Gasteiger partial charge in [-0.25, -0.2) is 0 Å². The van der Waals surface area contributed by atoms with Gasteiger partial charge in [0.25, 0.3) is 5.91 Å². The van der Waals surface area contributed by atoms with Gasteiger partial charge in [-0.05, 0) is 6.42 Å². The normalized spacial score (nSPS) is 20.3. The third-order valence-electron chi connectivity index (χ3n) is 2.94. The summed E-state index contributed by atoms with van der Waals surface area (Å²) in [6.45, 7) is 3.66. The fraction of sp³-hybridized carbons (Fsp3) is 0.500. The number of rotatable bonds is 2. The Morgan fingerprint density at radius 2 is 2.47 bits per heavy atom. The lowest BCUT2D eigenvalue weighted by molar-refractivity contribution is -0.0226. The lowest BCUT2D eigenvalue weighted by atomic mass is 10.2. The van der Waals surface area contributed by atoms with Gasteiger partial charge in [-0.2, -0.15) is 0 Å². The van der Waals surface area contributed by atoms with Crippen molar-refractivity contribution >= 4 is 5.91 Å². The molecule has 0 bridgehead atoms. The van der Waals surface area contributed by atoms with Crippen molar-refractivity contribution in [3.05, 3.63) is 34.2 Å². The zero-order valence-corrected chi connectivity index (χ0v) is 9.81. The molecule has 0 aromatic carbocycles. The van der Waals surface area contributed by atoms with E-state index in [4.69, 9.17) is 4.74 Å². The SMILES string of the molecule is CCC1CN(C(=O)c2c[nH]ccc2=O)CCO1. The second-order valence-electron chi connectivity index (χ2n) is 4.07. The van der Waals surface area contributed by atoms with Gasteiger partial charge >= 0.3 is 0 Å². The average Bonchev–Trinajstić information content (AvgIpc) is 2.38. The molecule has 1 aliphatic rings. The summed E-state index contributed by atoms with van der Waals surface area (Å²) in [5, 5.41) is 0. The first-order valence-corrected chi connectivity index (χ1v) is 5.80. The molecule has 0 saturated carbocycles. The topological polar surface area (TPSA) is 62.4 Å². The van der Waals surface area contributed by atoms with E-state index in [-0.39, 0.29) is 23.0 Å². The Bertz CT molecular complexity index is 455.